The summed E-state index contributed by atoms with van der Waals surface area (Å²) in [7, 11) is -3.32. The van der Waals surface area contributed by atoms with Gasteiger partial charge < -0.3 is 5.11 Å². The fourth-order valence-corrected chi connectivity index (χ4v) is 5.43. The Morgan fingerprint density at radius 3 is 2.68 bits per heavy atom. The molecule has 3 nitrogen and oxygen atoms in total. The Hall–Kier alpha value is -0.880. The first-order valence-electron chi connectivity index (χ1n) is 5.73. The molecule has 1 unspecified atom stereocenters. The van der Waals surface area contributed by atoms with E-state index in [1.165, 1.54) is 17.4 Å². The van der Waals surface area contributed by atoms with E-state index < -0.39 is 15.4 Å². The summed E-state index contributed by atoms with van der Waals surface area (Å²) < 4.78 is 24.1. The molecule has 1 atom stereocenters. The Morgan fingerprint density at radius 1 is 1.26 bits per heavy atom. The summed E-state index contributed by atoms with van der Waals surface area (Å²) in [6, 6.07) is 8.30. The number of aliphatic hydroxyl groups is 1. The van der Waals surface area contributed by atoms with Gasteiger partial charge in [0.25, 0.3) is 0 Å². The van der Waals surface area contributed by atoms with Gasteiger partial charge in [-0.3, -0.25) is 0 Å². The summed E-state index contributed by atoms with van der Waals surface area (Å²) >= 11 is 7.44. The Kier molecular flexibility index (Phi) is 2.98. The third-order valence-corrected chi connectivity index (χ3v) is 6.65. The van der Waals surface area contributed by atoms with Crippen molar-refractivity contribution in [3.63, 3.8) is 0 Å². The SMILES string of the molecule is O=S1(=O)CCC(O)(c2sccc2Cl)c2ccccc21. The molecule has 1 aromatic carbocycles. The first-order valence-corrected chi connectivity index (χ1v) is 8.64. The van der Waals surface area contributed by atoms with Gasteiger partial charge >= 0.3 is 0 Å². The molecule has 0 bridgehead atoms. The predicted molar refractivity (Wildman–Crippen MR) is 75.4 cm³/mol. The summed E-state index contributed by atoms with van der Waals surface area (Å²) in [6.45, 7) is 0. The van der Waals surface area contributed by atoms with Crippen LogP contribution in [-0.2, 0) is 15.4 Å². The van der Waals surface area contributed by atoms with Crippen molar-refractivity contribution in [3.05, 3.63) is 51.2 Å². The molecule has 0 saturated carbocycles. The molecule has 1 N–H and O–H groups in total. The van der Waals surface area contributed by atoms with Gasteiger partial charge in [0.05, 0.1) is 20.5 Å². The first-order chi connectivity index (χ1) is 8.95. The first kappa shape index (κ1) is 13.1. The van der Waals surface area contributed by atoms with Crippen LogP contribution in [0.25, 0.3) is 0 Å². The third-order valence-electron chi connectivity index (χ3n) is 3.39. The minimum atomic E-state index is -3.32. The van der Waals surface area contributed by atoms with Gasteiger partial charge in [-0.1, -0.05) is 29.8 Å². The highest BCUT2D eigenvalue weighted by atomic mass is 35.5. The molecule has 1 aromatic heterocycles. The van der Waals surface area contributed by atoms with E-state index in [1.54, 1.807) is 29.6 Å². The van der Waals surface area contributed by atoms with Crippen molar-refractivity contribution in [1.82, 2.24) is 0 Å². The van der Waals surface area contributed by atoms with Crippen LogP contribution in [0.4, 0.5) is 0 Å². The Morgan fingerprint density at radius 2 is 2.00 bits per heavy atom. The molecular weight excluding hydrogens is 304 g/mol. The number of hydrogen-bond acceptors (Lipinski definition) is 4. The lowest BCUT2D eigenvalue weighted by Crippen LogP contribution is -2.35. The second-order valence-corrected chi connectivity index (χ2v) is 7.92. The molecule has 0 spiro atoms. The van der Waals surface area contributed by atoms with Gasteiger partial charge in [0.2, 0.25) is 0 Å². The fraction of sp³-hybridized carbons (Fsp3) is 0.231. The van der Waals surface area contributed by atoms with Gasteiger partial charge in [0, 0.05) is 5.56 Å². The highest BCUT2D eigenvalue weighted by molar-refractivity contribution is 7.91. The monoisotopic (exact) mass is 314 g/mol. The van der Waals surface area contributed by atoms with E-state index in [0.717, 1.165) is 0 Å². The lowest BCUT2D eigenvalue weighted by Gasteiger charge is -2.33. The highest BCUT2D eigenvalue weighted by Crippen LogP contribution is 2.45. The minimum absolute atomic E-state index is 0.0747. The van der Waals surface area contributed by atoms with Gasteiger partial charge in [-0.15, -0.1) is 11.3 Å². The van der Waals surface area contributed by atoms with Crippen LogP contribution in [0.3, 0.4) is 0 Å². The van der Waals surface area contributed by atoms with E-state index in [-0.39, 0.29) is 17.1 Å². The van der Waals surface area contributed by atoms with E-state index in [0.29, 0.717) is 15.5 Å². The molecule has 0 aliphatic carbocycles. The molecule has 1 aliphatic heterocycles. The van der Waals surface area contributed by atoms with Crippen LogP contribution in [0.15, 0.2) is 40.6 Å². The van der Waals surface area contributed by atoms with Crippen LogP contribution in [0.2, 0.25) is 5.02 Å². The summed E-state index contributed by atoms with van der Waals surface area (Å²) in [5.74, 6) is -0.0747. The van der Waals surface area contributed by atoms with Crippen molar-refractivity contribution < 1.29 is 13.5 Å². The normalized spacial score (nSPS) is 24.9. The number of benzene rings is 1. The maximum Gasteiger partial charge on any atom is 0.178 e. The van der Waals surface area contributed by atoms with Gasteiger partial charge in [-0.2, -0.15) is 0 Å². The maximum atomic E-state index is 12.1. The van der Waals surface area contributed by atoms with Gasteiger partial charge in [0.15, 0.2) is 9.84 Å². The molecule has 19 heavy (non-hydrogen) atoms. The van der Waals surface area contributed by atoms with Crippen molar-refractivity contribution >= 4 is 32.8 Å². The van der Waals surface area contributed by atoms with Gasteiger partial charge in [-0.25, -0.2) is 8.42 Å². The largest absolute Gasteiger partial charge is 0.379 e. The second-order valence-electron chi connectivity index (χ2n) is 4.52. The Balaban J connectivity index is 2.29. The number of thiophene rings is 1. The summed E-state index contributed by atoms with van der Waals surface area (Å²) in [5.41, 5.74) is -0.890. The molecule has 0 fully saturated rings. The van der Waals surface area contributed by atoms with Crippen LogP contribution >= 0.6 is 22.9 Å². The van der Waals surface area contributed by atoms with Crippen LogP contribution < -0.4 is 0 Å². The highest BCUT2D eigenvalue weighted by Gasteiger charge is 2.43. The summed E-state index contributed by atoms with van der Waals surface area (Å²) in [5, 5.41) is 13.2. The van der Waals surface area contributed by atoms with E-state index >= 15 is 0 Å². The molecule has 2 heterocycles. The molecule has 0 saturated heterocycles. The zero-order valence-corrected chi connectivity index (χ0v) is 12.2. The zero-order valence-electron chi connectivity index (χ0n) is 9.84. The van der Waals surface area contributed by atoms with Crippen molar-refractivity contribution in [2.45, 2.75) is 16.9 Å². The Labute approximate surface area is 120 Å². The molecule has 0 radical (unpaired) electrons. The third kappa shape index (κ3) is 1.92. The quantitative estimate of drug-likeness (QED) is 0.880. The molecule has 3 rings (SSSR count). The molecule has 6 heteroatoms. The van der Waals surface area contributed by atoms with Crippen molar-refractivity contribution in [1.29, 1.82) is 0 Å². The molecule has 1 aliphatic rings. The number of sulfone groups is 1. The van der Waals surface area contributed by atoms with Crippen molar-refractivity contribution in [2.24, 2.45) is 0 Å². The molecule has 0 amide bonds. The van der Waals surface area contributed by atoms with E-state index in [2.05, 4.69) is 0 Å². The second kappa shape index (κ2) is 4.31. The van der Waals surface area contributed by atoms with E-state index in [9.17, 15) is 13.5 Å². The van der Waals surface area contributed by atoms with Crippen LogP contribution in [0, 0.1) is 0 Å². The van der Waals surface area contributed by atoms with E-state index in [4.69, 9.17) is 11.6 Å². The fourth-order valence-electron chi connectivity index (χ4n) is 2.43. The van der Waals surface area contributed by atoms with E-state index in [1.807, 2.05) is 0 Å². The zero-order chi connectivity index (χ0) is 13.7. The topological polar surface area (TPSA) is 54.4 Å². The van der Waals surface area contributed by atoms with Crippen molar-refractivity contribution in [3.8, 4) is 0 Å². The lowest BCUT2D eigenvalue weighted by atomic mass is 9.89. The lowest BCUT2D eigenvalue weighted by molar-refractivity contribution is 0.0757. The number of halogens is 1. The molecule has 100 valence electrons. The predicted octanol–water partition coefficient (Wildman–Crippen LogP) is 2.81. The maximum absolute atomic E-state index is 12.1. The number of fused-ring (bicyclic) bond motifs is 1. The smallest absolute Gasteiger partial charge is 0.178 e. The number of rotatable bonds is 1. The summed E-state index contributed by atoms with van der Waals surface area (Å²) in [6.07, 6.45) is 0.132. The van der Waals surface area contributed by atoms with Crippen LogP contribution in [0.1, 0.15) is 16.9 Å². The van der Waals surface area contributed by atoms with Crippen molar-refractivity contribution in [2.75, 3.05) is 5.75 Å². The van der Waals surface area contributed by atoms with Gasteiger partial charge in [0.1, 0.15) is 5.60 Å². The average molecular weight is 315 g/mol. The van der Waals surface area contributed by atoms with Crippen LogP contribution in [0.5, 0.6) is 0 Å². The van der Waals surface area contributed by atoms with Gasteiger partial charge in [-0.05, 0) is 23.9 Å². The average Bonchev–Trinajstić information content (AvgIpc) is 2.82. The molecular formula is C13H11ClO3S2. The number of hydrogen-bond donors (Lipinski definition) is 1. The summed E-state index contributed by atoms with van der Waals surface area (Å²) in [4.78, 5) is 0.810. The van der Waals surface area contributed by atoms with Crippen LogP contribution in [-0.4, -0.2) is 19.3 Å². The molecule has 2 aromatic rings. The Bertz CT molecular complexity index is 736. The standard InChI is InChI=1S/C13H11ClO3S2/c14-10-5-7-18-12(10)13(15)6-8-19(16,17)11-4-2-1-3-9(11)13/h1-5,7,15H,6,8H2. The minimum Gasteiger partial charge on any atom is -0.379 e.